The first kappa shape index (κ1) is 17.2. The maximum absolute atomic E-state index is 13.0. The van der Waals surface area contributed by atoms with Crippen molar-refractivity contribution >= 4 is 5.91 Å². The summed E-state index contributed by atoms with van der Waals surface area (Å²) in [5, 5.41) is 0. The Labute approximate surface area is 141 Å². The second-order valence-electron chi connectivity index (χ2n) is 6.45. The highest BCUT2D eigenvalue weighted by atomic mass is 19.1. The highest BCUT2D eigenvalue weighted by molar-refractivity contribution is 5.77. The largest absolute Gasteiger partial charge is 0.488 e. The number of carbonyl (C=O) groups is 1. The van der Waals surface area contributed by atoms with Crippen molar-refractivity contribution in [2.45, 2.75) is 37.9 Å². The standard InChI is InChI=1S/C18H24FNO4/c1-2-22-12-17(21)20-9-3-8-18(13-20)10-16(11-23-18)24-15-6-4-14(19)5-7-15/h4-7,16H,2-3,8-13H2,1H3/t16-,18-/m1/s1. The van der Waals surface area contributed by atoms with Gasteiger partial charge in [-0.3, -0.25) is 4.79 Å². The molecule has 2 saturated heterocycles. The average Bonchev–Trinajstić information content (AvgIpc) is 2.96. The van der Waals surface area contributed by atoms with Gasteiger partial charge < -0.3 is 19.1 Å². The fourth-order valence-corrected chi connectivity index (χ4v) is 3.46. The Hall–Kier alpha value is -1.66. The summed E-state index contributed by atoms with van der Waals surface area (Å²) in [7, 11) is 0. The van der Waals surface area contributed by atoms with Crippen LogP contribution in [0.1, 0.15) is 26.2 Å². The molecule has 2 fully saturated rings. The van der Waals surface area contributed by atoms with Crippen molar-refractivity contribution in [2.24, 2.45) is 0 Å². The second kappa shape index (κ2) is 7.49. The van der Waals surface area contributed by atoms with E-state index in [1.165, 1.54) is 12.1 Å². The molecule has 1 aromatic rings. The van der Waals surface area contributed by atoms with Gasteiger partial charge in [0.1, 0.15) is 24.3 Å². The number of rotatable bonds is 5. The van der Waals surface area contributed by atoms with E-state index < -0.39 is 0 Å². The zero-order valence-corrected chi connectivity index (χ0v) is 14.0. The number of likely N-dealkylation sites (tertiary alicyclic amines) is 1. The van der Waals surface area contributed by atoms with Gasteiger partial charge in [0.2, 0.25) is 5.91 Å². The van der Waals surface area contributed by atoms with Crippen molar-refractivity contribution in [3.63, 3.8) is 0 Å². The molecule has 0 aliphatic carbocycles. The fourth-order valence-electron chi connectivity index (χ4n) is 3.46. The van der Waals surface area contributed by atoms with Crippen molar-refractivity contribution < 1.29 is 23.4 Å². The first-order chi connectivity index (χ1) is 11.6. The number of nitrogens with zero attached hydrogens (tertiary/aromatic N) is 1. The van der Waals surface area contributed by atoms with Crippen LogP contribution in [0.4, 0.5) is 4.39 Å². The van der Waals surface area contributed by atoms with Crippen molar-refractivity contribution in [3.8, 4) is 5.75 Å². The van der Waals surface area contributed by atoms with Crippen LogP contribution < -0.4 is 4.74 Å². The molecule has 0 bridgehead atoms. The molecule has 3 rings (SSSR count). The number of hydrogen-bond acceptors (Lipinski definition) is 4. The lowest BCUT2D eigenvalue weighted by atomic mass is 9.89. The van der Waals surface area contributed by atoms with Gasteiger partial charge in [-0.15, -0.1) is 0 Å². The molecule has 1 amide bonds. The number of benzene rings is 1. The molecule has 24 heavy (non-hydrogen) atoms. The molecule has 2 aliphatic heterocycles. The smallest absolute Gasteiger partial charge is 0.248 e. The van der Waals surface area contributed by atoms with E-state index in [0.717, 1.165) is 25.8 Å². The summed E-state index contributed by atoms with van der Waals surface area (Å²) >= 11 is 0. The van der Waals surface area contributed by atoms with Crippen LogP contribution >= 0.6 is 0 Å². The van der Waals surface area contributed by atoms with Gasteiger partial charge in [-0.1, -0.05) is 0 Å². The molecule has 0 N–H and O–H groups in total. The lowest BCUT2D eigenvalue weighted by Crippen LogP contribution is -2.51. The SMILES string of the molecule is CCOCC(=O)N1CCC[C@@]2(C[C@@H](Oc3ccc(F)cc3)CO2)C1. The predicted molar refractivity (Wildman–Crippen MR) is 86.4 cm³/mol. The first-order valence-corrected chi connectivity index (χ1v) is 8.52. The Morgan fingerprint density at radius 1 is 1.42 bits per heavy atom. The number of amides is 1. The van der Waals surface area contributed by atoms with Crippen LogP contribution in [0, 0.1) is 5.82 Å². The van der Waals surface area contributed by atoms with Gasteiger partial charge in [0.25, 0.3) is 0 Å². The Balaban J connectivity index is 1.56. The van der Waals surface area contributed by atoms with E-state index in [2.05, 4.69) is 0 Å². The summed E-state index contributed by atoms with van der Waals surface area (Å²) in [6.45, 7) is 4.37. The minimum Gasteiger partial charge on any atom is -0.488 e. The quantitative estimate of drug-likeness (QED) is 0.828. The minimum atomic E-state index is -0.329. The van der Waals surface area contributed by atoms with E-state index in [0.29, 0.717) is 25.5 Å². The van der Waals surface area contributed by atoms with Gasteiger partial charge in [0, 0.05) is 26.1 Å². The monoisotopic (exact) mass is 337 g/mol. The van der Waals surface area contributed by atoms with Gasteiger partial charge in [-0.2, -0.15) is 0 Å². The average molecular weight is 337 g/mol. The molecule has 132 valence electrons. The number of hydrogen-bond donors (Lipinski definition) is 0. The molecule has 2 atom stereocenters. The summed E-state index contributed by atoms with van der Waals surface area (Å²) in [6, 6.07) is 6.02. The van der Waals surface area contributed by atoms with Crippen LogP contribution in [0.3, 0.4) is 0 Å². The van der Waals surface area contributed by atoms with E-state index in [1.807, 2.05) is 11.8 Å². The van der Waals surface area contributed by atoms with E-state index >= 15 is 0 Å². The minimum absolute atomic E-state index is 0.0161. The summed E-state index contributed by atoms with van der Waals surface area (Å²) < 4.78 is 30.1. The predicted octanol–water partition coefficient (Wildman–Crippen LogP) is 2.39. The maximum atomic E-state index is 13.0. The third-order valence-electron chi connectivity index (χ3n) is 4.61. The molecule has 2 heterocycles. The van der Waals surface area contributed by atoms with Crippen LogP contribution in [0.15, 0.2) is 24.3 Å². The van der Waals surface area contributed by atoms with Gasteiger partial charge in [0.05, 0.1) is 12.2 Å². The summed E-state index contributed by atoms with van der Waals surface area (Å²) in [4.78, 5) is 14.0. The molecule has 1 spiro atoms. The summed E-state index contributed by atoms with van der Waals surface area (Å²) in [5.74, 6) is 0.377. The zero-order valence-electron chi connectivity index (χ0n) is 14.0. The molecule has 0 radical (unpaired) electrons. The van der Waals surface area contributed by atoms with Crippen LogP contribution in [-0.4, -0.2) is 55.4 Å². The molecular formula is C18H24FNO4. The van der Waals surface area contributed by atoms with Crippen LogP contribution in [0.5, 0.6) is 5.75 Å². The fraction of sp³-hybridized carbons (Fsp3) is 0.611. The molecule has 5 nitrogen and oxygen atoms in total. The highest BCUT2D eigenvalue weighted by Crippen LogP contribution is 2.36. The second-order valence-corrected chi connectivity index (χ2v) is 6.45. The molecule has 2 aliphatic rings. The first-order valence-electron chi connectivity index (χ1n) is 8.52. The van der Waals surface area contributed by atoms with Gasteiger partial charge >= 0.3 is 0 Å². The molecule has 0 unspecified atom stereocenters. The number of carbonyl (C=O) groups excluding carboxylic acids is 1. The van der Waals surface area contributed by atoms with E-state index in [1.54, 1.807) is 12.1 Å². The summed E-state index contributed by atoms with van der Waals surface area (Å²) in [6.07, 6.45) is 2.51. The lowest BCUT2D eigenvalue weighted by Gasteiger charge is -2.39. The molecule has 0 aromatic heterocycles. The normalized spacial score (nSPS) is 26.8. The molecule has 0 saturated carbocycles. The topological polar surface area (TPSA) is 48.0 Å². The van der Waals surface area contributed by atoms with E-state index in [-0.39, 0.29) is 30.0 Å². The summed E-state index contributed by atoms with van der Waals surface area (Å²) in [5.41, 5.74) is -0.329. The van der Waals surface area contributed by atoms with Crippen LogP contribution in [0.25, 0.3) is 0 Å². The number of piperidine rings is 1. The van der Waals surface area contributed by atoms with E-state index in [4.69, 9.17) is 14.2 Å². The maximum Gasteiger partial charge on any atom is 0.248 e. The van der Waals surface area contributed by atoms with Crippen molar-refractivity contribution in [1.82, 2.24) is 4.90 Å². The Bertz CT molecular complexity index is 565. The third-order valence-corrected chi connectivity index (χ3v) is 4.61. The van der Waals surface area contributed by atoms with Gasteiger partial charge in [0.15, 0.2) is 0 Å². The molecule has 1 aromatic carbocycles. The Morgan fingerprint density at radius 3 is 2.96 bits per heavy atom. The third kappa shape index (κ3) is 4.05. The Kier molecular flexibility index (Phi) is 5.36. The van der Waals surface area contributed by atoms with Crippen molar-refractivity contribution in [1.29, 1.82) is 0 Å². The Morgan fingerprint density at radius 2 is 2.21 bits per heavy atom. The van der Waals surface area contributed by atoms with Gasteiger partial charge in [-0.05, 0) is 44.0 Å². The van der Waals surface area contributed by atoms with Crippen molar-refractivity contribution in [2.75, 3.05) is 32.9 Å². The molecule has 6 heteroatoms. The number of ether oxygens (including phenoxy) is 3. The van der Waals surface area contributed by atoms with Crippen molar-refractivity contribution in [3.05, 3.63) is 30.1 Å². The number of halogens is 1. The zero-order chi connectivity index (χ0) is 17.0. The highest BCUT2D eigenvalue weighted by Gasteiger charge is 2.45. The van der Waals surface area contributed by atoms with Crippen LogP contribution in [0.2, 0.25) is 0 Å². The van der Waals surface area contributed by atoms with Crippen LogP contribution in [-0.2, 0) is 14.3 Å². The van der Waals surface area contributed by atoms with Gasteiger partial charge in [-0.25, -0.2) is 4.39 Å². The van der Waals surface area contributed by atoms with E-state index in [9.17, 15) is 9.18 Å². The molecular weight excluding hydrogens is 313 g/mol. The lowest BCUT2D eigenvalue weighted by molar-refractivity contribution is -0.143.